The first kappa shape index (κ1) is 17.0. The highest BCUT2D eigenvalue weighted by molar-refractivity contribution is 7.10. The van der Waals surface area contributed by atoms with E-state index in [0.717, 1.165) is 35.9 Å². The van der Waals surface area contributed by atoms with E-state index in [1.54, 1.807) is 12.1 Å². The summed E-state index contributed by atoms with van der Waals surface area (Å²) in [4.78, 5) is 19.0. The molecule has 26 heavy (non-hydrogen) atoms. The molecule has 134 valence electrons. The normalized spacial score (nSPS) is 24.7. The number of carbonyl (C=O) groups excluding carboxylic acids is 1. The predicted molar refractivity (Wildman–Crippen MR) is 100 cm³/mol. The minimum absolute atomic E-state index is 0.0180. The molecule has 4 atom stereocenters. The Labute approximate surface area is 156 Å². The number of hydrogen-bond donors (Lipinski definition) is 2. The minimum Gasteiger partial charge on any atom is -0.330 e. The first-order chi connectivity index (χ1) is 12.6. The van der Waals surface area contributed by atoms with E-state index < -0.39 is 0 Å². The third-order valence-electron chi connectivity index (χ3n) is 5.47. The van der Waals surface area contributed by atoms with Crippen molar-refractivity contribution in [1.82, 2.24) is 15.2 Å². The standard InChI is InChI=1S/C19H21N5OS/c1-11(22-19(25)24-8-15-14(7-21)16(15)9-24)18-23-17(10-26-18)13-4-2-12(6-20)3-5-13/h2-5,10-11,14-16H,7-9,21H2,1H3,(H,22,25)/t11?,14?,15-,16+. The molecule has 2 aliphatic rings. The highest BCUT2D eigenvalue weighted by atomic mass is 32.1. The van der Waals surface area contributed by atoms with Crippen molar-refractivity contribution >= 4 is 17.4 Å². The number of likely N-dealkylation sites (tertiary alicyclic amines) is 1. The fourth-order valence-corrected chi connectivity index (χ4v) is 4.67. The number of nitriles is 1. The topological polar surface area (TPSA) is 95.0 Å². The average Bonchev–Trinajstić information content (AvgIpc) is 3.04. The molecule has 3 N–H and O–H groups in total. The quantitative estimate of drug-likeness (QED) is 0.868. The molecule has 2 heterocycles. The highest BCUT2D eigenvalue weighted by Crippen LogP contribution is 2.50. The van der Waals surface area contributed by atoms with E-state index in [0.29, 0.717) is 23.3 Å². The molecule has 2 unspecified atom stereocenters. The highest BCUT2D eigenvalue weighted by Gasteiger charge is 2.55. The lowest BCUT2D eigenvalue weighted by Crippen LogP contribution is -2.41. The van der Waals surface area contributed by atoms with Gasteiger partial charge in [-0.3, -0.25) is 0 Å². The van der Waals surface area contributed by atoms with Crippen LogP contribution in [0.4, 0.5) is 4.79 Å². The van der Waals surface area contributed by atoms with Crippen LogP contribution in [0.1, 0.15) is 23.5 Å². The number of piperidine rings is 1. The van der Waals surface area contributed by atoms with E-state index in [4.69, 9.17) is 11.0 Å². The Kier molecular flexibility index (Phi) is 4.39. The largest absolute Gasteiger partial charge is 0.330 e. The molecular weight excluding hydrogens is 346 g/mol. The van der Waals surface area contributed by atoms with Crippen molar-refractivity contribution in [3.05, 3.63) is 40.2 Å². The molecular formula is C19H21N5OS. The van der Waals surface area contributed by atoms with E-state index >= 15 is 0 Å². The van der Waals surface area contributed by atoms with Gasteiger partial charge in [0.1, 0.15) is 5.01 Å². The Morgan fingerprint density at radius 2 is 2.12 bits per heavy atom. The van der Waals surface area contributed by atoms with Crippen molar-refractivity contribution in [2.24, 2.45) is 23.5 Å². The zero-order valence-electron chi connectivity index (χ0n) is 14.6. The van der Waals surface area contributed by atoms with E-state index in [1.165, 1.54) is 11.3 Å². The molecule has 1 aliphatic heterocycles. The number of rotatable bonds is 4. The number of nitrogens with two attached hydrogens (primary N) is 1. The first-order valence-corrected chi connectivity index (χ1v) is 9.70. The zero-order chi connectivity index (χ0) is 18.3. The number of nitrogens with one attached hydrogen (secondary N) is 1. The zero-order valence-corrected chi connectivity index (χ0v) is 15.4. The molecule has 6 nitrogen and oxygen atoms in total. The van der Waals surface area contributed by atoms with Crippen LogP contribution in [-0.2, 0) is 0 Å². The van der Waals surface area contributed by atoms with Gasteiger partial charge >= 0.3 is 6.03 Å². The molecule has 1 aliphatic carbocycles. The molecule has 1 aromatic carbocycles. The summed E-state index contributed by atoms with van der Waals surface area (Å²) in [6.45, 7) is 4.33. The average molecular weight is 367 g/mol. The summed E-state index contributed by atoms with van der Waals surface area (Å²) < 4.78 is 0. The first-order valence-electron chi connectivity index (χ1n) is 8.82. The van der Waals surface area contributed by atoms with Crippen LogP contribution in [0.5, 0.6) is 0 Å². The van der Waals surface area contributed by atoms with Gasteiger partial charge in [-0.15, -0.1) is 11.3 Å². The molecule has 2 aromatic rings. The second-order valence-electron chi connectivity index (χ2n) is 7.06. The Balaban J connectivity index is 1.37. The third-order valence-corrected chi connectivity index (χ3v) is 6.50. The summed E-state index contributed by atoms with van der Waals surface area (Å²) in [5.41, 5.74) is 8.19. The van der Waals surface area contributed by atoms with Crippen molar-refractivity contribution in [1.29, 1.82) is 5.26 Å². The number of thiazole rings is 1. The second kappa shape index (κ2) is 6.71. The summed E-state index contributed by atoms with van der Waals surface area (Å²) in [6, 6.07) is 9.31. The lowest BCUT2D eigenvalue weighted by Gasteiger charge is -2.22. The lowest BCUT2D eigenvalue weighted by molar-refractivity contribution is 0.197. The van der Waals surface area contributed by atoms with Gasteiger partial charge < -0.3 is 16.0 Å². The van der Waals surface area contributed by atoms with Crippen molar-refractivity contribution in [3.63, 3.8) is 0 Å². The number of carbonyl (C=O) groups is 1. The van der Waals surface area contributed by atoms with Crippen LogP contribution in [0.2, 0.25) is 0 Å². The van der Waals surface area contributed by atoms with E-state index in [-0.39, 0.29) is 12.1 Å². The molecule has 7 heteroatoms. The molecule has 2 amide bonds. The number of urea groups is 1. The maximum Gasteiger partial charge on any atom is 0.317 e. The van der Waals surface area contributed by atoms with Crippen LogP contribution >= 0.6 is 11.3 Å². The third kappa shape index (κ3) is 3.06. The van der Waals surface area contributed by atoms with Gasteiger partial charge in [0, 0.05) is 24.0 Å². The van der Waals surface area contributed by atoms with Gasteiger partial charge in [-0.25, -0.2) is 9.78 Å². The second-order valence-corrected chi connectivity index (χ2v) is 7.95. The Morgan fingerprint density at radius 1 is 1.42 bits per heavy atom. The van der Waals surface area contributed by atoms with E-state index in [1.807, 2.05) is 29.3 Å². The number of benzene rings is 1. The predicted octanol–water partition coefficient (Wildman–Crippen LogP) is 2.59. The number of amides is 2. The fourth-order valence-electron chi connectivity index (χ4n) is 3.84. The van der Waals surface area contributed by atoms with E-state index in [2.05, 4.69) is 16.4 Å². The van der Waals surface area contributed by atoms with Crippen molar-refractivity contribution < 1.29 is 4.79 Å². The Bertz CT molecular complexity index is 844. The monoisotopic (exact) mass is 367 g/mol. The summed E-state index contributed by atoms with van der Waals surface area (Å²) in [6.07, 6.45) is 0. The summed E-state index contributed by atoms with van der Waals surface area (Å²) in [5, 5.41) is 14.8. The van der Waals surface area contributed by atoms with Gasteiger partial charge in [-0.05, 0) is 43.4 Å². The number of nitrogens with zero attached hydrogens (tertiary/aromatic N) is 3. The summed E-state index contributed by atoms with van der Waals surface area (Å²) in [7, 11) is 0. The van der Waals surface area contributed by atoms with Crippen molar-refractivity contribution in [2.45, 2.75) is 13.0 Å². The molecule has 1 saturated heterocycles. The molecule has 0 spiro atoms. The molecule has 0 bridgehead atoms. The summed E-state index contributed by atoms with van der Waals surface area (Å²) in [5.74, 6) is 1.82. The minimum atomic E-state index is -0.137. The smallest absolute Gasteiger partial charge is 0.317 e. The lowest BCUT2D eigenvalue weighted by atomic mass is 10.1. The van der Waals surface area contributed by atoms with E-state index in [9.17, 15) is 4.79 Å². The van der Waals surface area contributed by atoms with Crippen LogP contribution in [0.3, 0.4) is 0 Å². The Hall–Kier alpha value is -2.43. The van der Waals surface area contributed by atoms with Crippen LogP contribution in [0.25, 0.3) is 11.3 Å². The molecule has 1 saturated carbocycles. The van der Waals surface area contributed by atoms with Gasteiger partial charge in [-0.1, -0.05) is 12.1 Å². The Morgan fingerprint density at radius 3 is 2.73 bits per heavy atom. The molecule has 4 rings (SSSR count). The molecule has 0 radical (unpaired) electrons. The van der Waals surface area contributed by atoms with Crippen molar-refractivity contribution in [2.75, 3.05) is 19.6 Å². The van der Waals surface area contributed by atoms with Crippen LogP contribution < -0.4 is 11.1 Å². The van der Waals surface area contributed by atoms with Gasteiger partial charge in [0.05, 0.1) is 23.4 Å². The van der Waals surface area contributed by atoms with Gasteiger partial charge in [0.25, 0.3) is 0 Å². The summed E-state index contributed by atoms with van der Waals surface area (Å²) >= 11 is 1.53. The van der Waals surface area contributed by atoms with Crippen LogP contribution in [0, 0.1) is 29.1 Å². The van der Waals surface area contributed by atoms with Gasteiger partial charge in [0.15, 0.2) is 0 Å². The van der Waals surface area contributed by atoms with Crippen molar-refractivity contribution in [3.8, 4) is 17.3 Å². The SMILES string of the molecule is CC(NC(=O)N1C[C@@H]2C(CN)[C@@H]2C1)c1nc(-c2ccc(C#N)cc2)cs1. The number of aromatic nitrogens is 1. The maximum atomic E-state index is 12.5. The maximum absolute atomic E-state index is 12.5. The molecule has 1 aromatic heterocycles. The number of fused-ring (bicyclic) bond motifs is 1. The van der Waals surface area contributed by atoms with Crippen LogP contribution in [-0.4, -0.2) is 35.5 Å². The van der Waals surface area contributed by atoms with Gasteiger partial charge in [0.2, 0.25) is 0 Å². The van der Waals surface area contributed by atoms with Gasteiger partial charge in [-0.2, -0.15) is 5.26 Å². The van der Waals surface area contributed by atoms with Crippen LogP contribution in [0.15, 0.2) is 29.6 Å². The fraction of sp³-hybridized carbons (Fsp3) is 0.421. The molecule has 2 fully saturated rings. The number of hydrogen-bond acceptors (Lipinski definition) is 5.